The Hall–Kier alpha value is -2.57. The molecule has 1 unspecified atom stereocenters. The van der Waals surface area contributed by atoms with Crippen LogP contribution in [0.1, 0.15) is 29.2 Å². The Balaban J connectivity index is 1.42. The van der Waals surface area contributed by atoms with Crippen LogP contribution in [-0.4, -0.2) is 75.7 Å². The van der Waals surface area contributed by atoms with E-state index in [0.717, 1.165) is 44.9 Å². The number of nitrogens with zero attached hydrogens (tertiary/aromatic N) is 3. The number of fused-ring (bicyclic) bond motifs is 1. The van der Waals surface area contributed by atoms with Crippen LogP contribution < -0.4 is 15.0 Å². The number of nitrogens with one attached hydrogen (secondary N) is 1. The van der Waals surface area contributed by atoms with Crippen LogP contribution >= 0.6 is 0 Å². The zero-order chi connectivity index (χ0) is 22.5. The van der Waals surface area contributed by atoms with Crippen LogP contribution in [-0.2, 0) is 11.2 Å². The molecule has 1 atom stereocenters. The maximum absolute atomic E-state index is 12.6. The summed E-state index contributed by atoms with van der Waals surface area (Å²) >= 11 is 0. The van der Waals surface area contributed by atoms with E-state index in [-0.39, 0.29) is 18.6 Å². The van der Waals surface area contributed by atoms with Gasteiger partial charge in [0.1, 0.15) is 5.75 Å². The van der Waals surface area contributed by atoms with Gasteiger partial charge >= 0.3 is 0 Å². The number of carbonyl (C=O) groups excluding carboxylic acids is 1. The Labute approximate surface area is 192 Å². The Morgan fingerprint density at radius 1 is 1.03 bits per heavy atom. The predicted octanol–water partition coefficient (Wildman–Crippen LogP) is 2.86. The highest BCUT2D eigenvalue weighted by Gasteiger charge is 2.26. The van der Waals surface area contributed by atoms with Crippen molar-refractivity contribution in [1.82, 2.24) is 15.1 Å². The number of aryl methyl sites for hydroxylation is 2. The molecule has 0 radical (unpaired) electrons. The second kappa shape index (κ2) is 10.4. The smallest absolute Gasteiger partial charge is 0.258 e. The number of anilines is 1. The highest BCUT2D eigenvalue weighted by molar-refractivity contribution is 5.77. The van der Waals surface area contributed by atoms with E-state index in [1.807, 2.05) is 31.2 Å². The van der Waals surface area contributed by atoms with Gasteiger partial charge in [-0.1, -0.05) is 29.8 Å². The van der Waals surface area contributed by atoms with Crippen LogP contribution in [0.4, 0.5) is 5.69 Å². The molecule has 2 heterocycles. The lowest BCUT2D eigenvalue weighted by Gasteiger charge is -2.39. The topological polar surface area (TPSA) is 48.1 Å². The summed E-state index contributed by atoms with van der Waals surface area (Å²) in [6, 6.07) is 14.8. The fourth-order valence-corrected chi connectivity index (χ4v) is 4.65. The number of piperazine rings is 1. The van der Waals surface area contributed by atoms with Gasteiger partial charge in [-0.15, -0.1) is 0 Å². The molecule has 4 rings (SSSR count). The summed E-state index contributed by atoms with van der Waals surface area (Å²) in [5, 5.41) is 3.13. The van der Waals surface area contributed by atoms with Crippen molar-refractivity contribution in [2.75, 3.05) is 64.9 Å². The second-order valence-corrected chi connectivity index (χ2v) is 9.17. The SMILES string of the molecule is Cc1ccc(OCC(=O)NCC(c2ccc3c(c2)CCCN3C)N2CCN(C)CC2)cc1. The van der Waals surface area contributed by atoms with Gasteiger partial charge in [0.25, 0.3) is 5.91 Å². The van der Waals surface area contributed by atoms with Crippen LogP contribution in [0, 0.1) is 6.92 Å². The molecule has 1 amide bonds. The van der Waals surface area contributed by atoms with Crippen molar-refractivity contribution < 1.29 is 9.53 Å². The number of rotatable bonds is 7. The first kappa shape index (κ1) is 22.6. The molecule has 0 bridgehead atoms. The zero-order valence-corrected chi connectivity index (χ0v) is 19.6. The van der Waals surface area contributed by atoms with Crippen molar-refractivity contribution in [2.45, 2.75) is 25.8 Å². The predicted molar refractivity (Wildman–Crippen MR) is 130 cm³/mol. The van der Waals surface area contributed by atoms with Crippen molar-refractivity contribution in [3.63, 3.8) is 0 Å². The summed E-state index contributed by atoms with van der Waals surface area (Å²) in [5.74, 6) is 0.641. The van der Waals surface area contributed by atoms with Crippen LogP contribution in [0.15, 0.2) is 42.5 Å². The number of benzene rings is 2. The largest absolute Gasteiger partial charge is 0.484 e. The Morgan fingerprint density at radius 2 is 1.78 bits per heavy atom. The highest BCUT2D eigenvalue weighted by Crippen LogP contribution is 2.31. The standard InChI is InChI=1S/C26H36N4O2/c1-20-6-9-23(10-7-20)32-19-26(31)27-18-25(30-15-13-28(2)14-16-30)22-8-11-24-21(17-22)5-4-12-29(24)3/h6-11,17,25H,4-5,12-16,18-19H2,1-3H3,(H,27,31). The molecule has 2 aliphatic heterocycles. The Morgan fingerprint density at radius 3 is 2.53 bits per heavy atom. The van der Waals surface area contributed by atoms with Gasteiger partial charge in [0, 0.05) is 52.0 Å². The van der Waals surface area contributed by atoms with E-state index < -0.39 is 0 Å². The Bertz CT molecular complexity index is 907. The molecule has 172 valence electrons. The molecular weight excluding hydrogens is 400 g/mol. The minimum absolute atomic E-state index is 0.0352. The quantitative estimate of drug-likeness (QED) is 0.723. The highest BCUT2D eigenvalue weighted by atomic mass is 16.5. The fraction of sp³-hybridized carbons (Fsp3) is 0.500. The molecule has 6 nitrogen and oxygen atoms in total. The third kappa shape index (κ3) is 5.61. The van der Waals surface area contributed by atoms with E-state index in [2.05, 4.69) is 52.3 Å². The number of hydrogen-bond donors (Lipinski definition) is 1. The lowest BCUT2D eigenvalue weighted by atomic mass is 9.95. The molecule has 0 aliphatic carbocycles. The van der Waals surface area contributed by atoms with E-state index in [0.29, 0.717) is 6.54 Å². The van der Waals surface area contributed by atoms with Crippen molar-refractivity contribution >= 4 is 11.6 Å². The molecule has 6 heteroatoms. The van der Waals surface area contributed by atoms with Gasteiger partial charge in [-0.25, -0.2) is 0 Å². The number of carbonyl (C=O) groups is 1. The van der Waals surface area contributed by atoms with Crippen molar-refractivity contribution in [1.29, 1.82) is 0 Å². The summed E-state index contributed by atoms with van der Waals surface area (Å²) < 4.78 is 5.67. The summed E-state index contributed by atoms with van der Waals surface area (Å²) in [7, 11) is 4.34. The third-order valence-electron chi connectivity index (χ3n) is 6.70. The van der Waals surface area contributed by atoms with Gasteiger partial charge in [0.05, 0.1) is 6.04 Å². The van der Waals surface area contributed by atoms with Crippen molar-refractivity contribution in [3.05, 3.63) is 59.2 Å². The number of likely N-dealkylation sites (N-methyl/N-ethyl adjacent to an activating group) is 1. The molecule has 2 aliphatic rings. The van der Waals surface area contributed by atoms with E-state index in [4.69, 9.17) is 4.74 Å². The molecule has 0 spiro atoms. The summed E-state index contributed by atoms with van der Waals surface area (Å²) in [4.78, 5) is 19.8. The number of hydrogen-bond acceptors (Lipinski definition) is 5. The zero-order valence-electron chi connectivity index (χ0n) is 19.6. The van der Waals surface area contributed by atoms with Crippen LogP contribution in [0.5, 0.6) is 5.75 Å². The van der Waals surface area contributed by atoms with Gasteiger partial charge in [0.15, 0.2) is 6.61 Å². The van der Waals surface area contributed by atoms with E-state index in [9.17, 15) is 4.79 Å². The van der Waals surface area contributed by atoms with E-state index >= 15 is 0 Å². The lowest BCUT2D eigenvalue weighted by Crippen LogP contribution is -2.48. The van der Waals surface area contributed by atoms with Gasteiger partial charge in [-0.2, -0.15) is 0 Å². The average Bonchev–Trinajstić information content (AvgIpc) is 2.80. The fourth-order valence-electron chi connectivity index (χ4n) is 4.65. The average molecular weight is 437 g/mol. The van der Waals surface area contributed by atoms with Crippen LogP contribution in [0.3, 0.4) is 0 Å². The molecule has 1 fully saturated rings. The van der Waals surface area contributed by atoms with Gasteiger partial charge in [-0.05, 0) is 56.1 Å². The molecule has 2 aromatic carbocycles. The monoisotopic (exact) mass is 436 g/mol. The lowest BCUT2D eigenvalue weighted by molar-refractivity contribution is -0.123. The first-order valence-electron chi connectivity index (χ1n) is 11.7. The molecule has 0 aromatic heterocycles. The second-order valence-electron chi connectivity index (χ2n) is 9.17. The summed E-state index contributed by atoms with van der Waals surface area (Å²) in [5.41, 5.74) is 5.23. The van der Waals surface area contributed by atoms with Gasteiger partial charge in [-0.3, -0.25) is 9.69 Å². The van der Waals surface area contributed by atoms with Crippen LogP contribution in [0.25, 0.3) is 0 Å². The van der Waals surface area contributed by atoms with E-state index in [1.54, 1.807) is 0 Å². The molecular formula is C26H36N4O2. The van der Waals surface area contributed by atoms with Gasteiger partial charge < -0.3 is 19.9 Å². The minimum Gasteiger partial charge on any atom is -0.484 e. The summed E-state index contributed by atoms with van der Waals surface area (Å²) in [6.07, 6.45) is 2.32. The molecule has 1 N–H and O–H groups in total. The first-order valence-corrected chi connectivity index (χ1v) is 11.7. The first-order chi connectivity index (χ1) is 15.5. The molecule has 0 saturated carbocycles. The summed E-state index contributed by atoms with van der Waals surface area (Å²) in [6.45, 7) is 7.89. The molecule has 1 saturated heterocycles. The maximum Gasteiger partial charge on any atom is 0.258 e. The minimum atomic E-state index is -0.0811. The van der Waals surface area contributed by atoms with Crippen molar-refractivity contribution in [3.8, 4) is 5.75 Å². The van der Waals surface area contributed by atoms with E-state index in [1.165, 1.54) is 28.8 Å². The number of amides is 1. The van der Waals surface area contributed by atoms with Crippen LogP contribution in [0.2, 0.25) is 0 Å². The third-order valence-corrected chi connectivity index (χ3v) is 6.70. The number of ether oxygens (including phenoxy) is 1. The van der Waals surface area contributed by atoms with Crippen molar-refractivity contribution in [2.24, 2.45) is 0 Å². The maximum atomic E-state index is 12.6. The molecule has 2 aromatic rings. The Kier molecular flexibility index (Phi) is 7.33. The normalized spacial score (nSPS) is 18.2. The molecule has 32 heavy (non-hydrogen) atoms. The van der Waals surface area contributed by atoms with Gasteiger partial charge in [0.2, 0.25) is 0 Å².